The van der Waals surface area contributed by atoms with Crippen molar-refractivity contribution in [1.82, 2.24) is 14.9 Å². The molecule has 0 radical (unpaired) electrons. The molecule has 8 heteroatoms. The zero-order chi connectivity index (χ0) is 19.1. The monoisotopic (exact) mass is 368 g/mol. The Balaban J connectivity index is 1.48. The molecule has 0 spiro atoms. The molecule has 1 saturated heterocycles. The summed E-state index contributed by atoms with van der Waals surface area (Å²) >= 11 is 0. The summed E-state index contributed by atoms with van der Waals surface area (Å²) in [6.45, 7) is 3.46. The number of rotatable bonds is 7. The van der Waals surface area contributed by atoms with Gasteiger partial charge in [-0.15, -0.1) is 0 Å². The molecule has 1 aromatic carbocycles. The molecule has 0 aliphatic carbocycles. The maximum atomic E-state index is 12.3. The number of hydrogen-bond acceptors (Lipinski definition) is 7. The van der Waals surface area contributed by atoms with Crippen molar-refractivity contribution in [3.05, 3.63) is 42.4 Å². The van der Waals surface area contributed by atoms with E-state index >= 15 is 0 Å². The van der Waals surface area contributed by atoms with Crippen LogP contribution in [0.5, 0.6) is 17.4 Å². The molecule has 2 heterocycles. The Morgan fingerprint density at radius 3 is 2.63 bits per heavy atom. The maximum absolute atomic E-state index is 12.3. The molecule has 27 heavy (non-hydrogen) atoms. The van der Waals surface area contributed by atoms with Crippen molar-refractivity contribution in [3.63, 3.8) is 0 Å². The summed E-state index contributed by atoms with van der Waals surface area (Å²) in [5.74, 6) is 1.45. The Bertz CT molecular complexity index is 819. The topological polar surface area (TPSA) is 97.6 Å². The second kappa shape index (κ2) is 8.85. The fourth-order valence-corrected chi connectivity index (χ4v) is 2.73. The molecule has 1 amide bonds. The number of likely N-dealkylation sites (tertiary alicyclic amines) is 1. The Kier molecular flexibility index (Phi) is 6.05. The predicted octanol–water partition coefficient (Wildman–Crippen LogP) is 1.81. The second-order valence-electron chi connectivity index (χ2n) is 5.88. The van der Waals surface area contributed by atoms with Crippen LogP contribution in [0.3, 0.4) is 0 Å². The van der Waals surface area contributed by atoms with Crippen molar-refractivity contribution < 1.29 is 19.0 Å². The molecular formula is C19H20N4O4. The first-order valence-electron chi connectivity index (χ1n) is 8.70. The molecule has 1 atom stereocenters. The molecule has 1 aliphatic heterocycles. The van der Waals surface area contributed by atoms with Gasteiger partial charge in [0.15, 0.2) is 6.61 Å². The standard InChI is InChI=1S/C19H20N4O4/c1-2-25-14-3-5-15(6-4-14)26-13-18(24)23-10-7-16(12-23)27-19-17(11-20)21-8-9-22-19/h3-6,8-9,16H,2,7,10,12-13H2,1H3. The van der Waals surface area contributed by atoms with E-state index in [1.807, 2.05) is 13.0 Å². The summed E-state index contributed by atoms with van der Waals surface area (Å²) in [4.78, 5) is 22.0. The zero-order valence-electron chi connectivity index (χ0n) is 15.0. The summed E-state index contributed by atoms with van der Waals surface area (Å²) in [7, 11) is 0. The number of amides is 1. The number of ether oxygens (including phenoxy) is 3. The smallest absolute Gasteiger partial charge is 0.260 e. The Morgan fingerprint density at radius 1 is 1.22 bits per heavy atom. The van der Waals surface area contributed by atoms with Crippen LogP contribution in [0, 0.1) is 11.3 Å². The van der Waals surface area contributed by atoms with Gasteiger partial charge in [0.2, 0.25) is 5.69 Å². The van der Waals surface area contributed by atoms with Gasteiger partial charge in [-0.2, -0.15) is 5.26 Å². The Hall–Kier alpha value is -3.34. The third-order valence-electron chi connectivity index (χ3n) is 4.04. The van der Waals surface area contributed by atoms with Gasteiger partial charge in [-0.05, 0) is 31.2 Å². The van der Waals surface area contributed by atoms with Crippen LogP contribution in [0.15, 0.2) is 36.7 Å². The van der Waals surface area contributed by atoms with Crippen LogP contribution in [0.25, 0.3) is 0 Å². The zero-order valence-corrected chi connectivity index (χ0v) is 15.0. The van der Waals surface area contributed by atoms with Gasteiger partial charge in [-0.1, -0.05) is 0 Å². The predicted molar refractivity (Wildman–Crippen MR) is 95.5 cm³/mol. The lowest BCUT2D eigenvalue weighted by atomic mass is 10.3. The van der Waals surface area contributed by atoms with Crippen LogP contribution in [-0.4, -0.2) is 53.2 Å². The van der Waals surface area contributed by atoms with Gasteiger partial charge in [0.05, 0.1) is 13.2 Å². The van der Waals surface area contributed by atoms with Gasteiger partial charge in [0.25, 0.3) is 11.8 Å². The Morgan fingerprint density at radius 2 is 1.93 bits per heavy atom. The molecule has 1 fully saturated rings. The van der Waals surface area contributed by atoms with Crippen molar-refractivity contribution in [1.29, 1.82) is 5.26 Å². The summed E-state index contributed by atoms with van der Waals surface area (Å²) in [6.07, 6.45) is 3.35. The van der Waals surface area contributed by atoms with Crippen LogP contribution >= 0.6 is 0 Å². The quantitative estimate of drug-likeness (QED) is 0.735. The van der Waals surface area contributed by atoms with Crippen LogP contribution in [-0.2, 0) is 4.79 Å². The lowest BCUT2D eigenvalue weighted by molar-refractivity contribution is -0.132. The highest BCUT2D eigenvalue weighted by Crippen LogP contribution is 2.20. The van der Waals surface area contributed by atoms with E-state index in [4.69, 9.17) is 19.5 Å². The normalized spacial score (nSPS) is 15.9. The van der Waals surface area contributed by atoms with E-state index in [-0.39, 0.29) is 30.2 Å². The van der Waals surface area contributed by atoms with E-state index in [0.29, 0.717) is 31.9 Å². The molecular weight excluding hydrogens is 348 g/mol. The third-order valence-corrected chi connectivity index (χ3v) is 4.04. The van der Waals surface area contributed by atoms with Gasteiger partial charge in [0.1, 0.15) is 23.7 Å². The Labute approximate surface area is 157 Å². The first-order chi connectivity index (χ1) is 13.2. The number of carbonyl (C=O) groups excluding carboxylic acids is 1. The summed E-state index contributed by atoms with van der Waals surface area (Å²) < 4.78 is 16.7. The van der Waals surface area contributed by atoms with Crippen molar-refractivity contribution >= 4 is 5.91 Å². The van der Waals surface area contributed by atoms with Gasteiger partial charge in [0, 0.05) is 25.4 Å². The number of carbonyl (C=O) groups is 1. The highest BCUT2D eigenvalue weighted by molar-refractivity contribution is 5.78. The number of aromatic nitrogens is 2. The highest BCUT2D eigenvalue weighted by Gasteiger charge is 2.28. The van der Waals surface area contributed by atoms with Gasteiger partial charge in [-0.3, -0.25) is 4.79 Å². The molecule has 1 aliphatic rings. The molecule has 1 aromatic heterocycles. The minimum atomic E-state index is -0.219. The number of nitrogens with zero attached hydrogens (tertiary/aromatic N) is 4. The largest absolute Gasteiger partial charge is 0.494 e. The summed E-state index contributed by atoms with van der Waals surface area (Å²) in [5, 5.41) is 9.04. The van der Waals surface area contributed by atoms with Gasteiger partial charge in [-0.25, -0.2) is 9.97 Å². The maximum Gasteiger partial charge on any atom is 0.260 e. The molecule has 3 rings (SSSR count). The van der Waals surface area contributed by atoms with Crippen LogP contribution in [0.4, 0.5) is 0 Å². The van der Waals surface area contributed by atoms with Crippen molar-refractivity contribution in [2.75, 3.05) is 26.3 Å². The van der Waals surface area contributed by atoms with E-state index in [1.54, 1.807) is 29.2 Å². The van der Waals surface area contributed by atoms with Crippen LogP contribution in [0.1, 0.15) is 19.0 Å². The van der Waals surface area contributed by atoms with E-state index in [0.717, 1.165) is 5.75 Å². The lowest BCUT2D eigenvalue weighted by Crippen LogP contribution is -2.34. The molecule has 0 saturated carbocycles. The van der Waals surface area contributed by atoms with Crippen LogP contribution in [0.2, 0.25) is 0 Å². The minimum absolute atomic E-state index is 0.0463. The number of hydrogen-bond donors (Lipinski definition) is 0. The molecule has 1 unspecified atom stereocenters. The van der Waals surface area contributed by atoms with E-state index in [1.165, 1.54) is 12.4 Å². The molecule has 8 nitrogen and oxygen atoms in total. The molecule has 2 aromatic rings. The average molecular weight is 368 g/mol. The van der Waals surface area contributed by atoms with Crippen molar-refractivity contribution in [2.45, 2.75) is 19.4 Å². The fraction of sp³-hybridized carbons (Fsp3) is 0.368. The number of nitriles is 1. The first-order valence-corrected chi connectivity index (χ1v) is 8.70. The molecule has 0 bridgehead atoms. The van der Waals surface area contributed by atoms with Crippen LogP contribution < -0.4 is 14.2 Å². The number of benzene rings is 1. The average Bonchev–Trinajstić information content (AvgIpc) is 3.16. The summed E-state index contributed by atoms with van der Waals surface area (Å²) in [5.41, 5.74) is 0.140. The molecule has 140 valence electrons. The fourth-order valence-electron chi connectivity index (χ4n) is 2.73. The summed E-state index contributed by atoms with van der Waals surface area (Å²) in [6, 6.07) is 9.09. The minimum Gasteiger partial charge on any atom is -0.494 e. The van der Waals surface area contributed by atoms with E-state index < -0.39 is 0 Å². The highest BCUT2D eigenvalue weighted by atomic mass is 16.5. The lowest BCUT2D eigenvalue weighted by Gasteiger charge is -2.17. The first kappa shape index (κ1) is 18.5. The van der Waals surface area contributed by atoms with Crippen molar-refractivity contribution in [2.24, 2.45) is 0 Å². The van der Waals surface area contributed by atoms with E-state index in [2.05, 4.69) is 9.97 Å². The van der Waals surface area contributed by atoms with Gasteiger partial charge < -0.3 is 19.1 Å². The second-order valence-corrected chi connectivity index (χ2v) is 5.88. The molecule has 0 N–H and O–H groups in total. The van der Waals surface area contributed by atoms with E-state index in [9.17, 15) is 4.79 Å². The third kappa shape index (κ3) is 4.85. The SMILES string of the molecule is CCOc1ccc(OCC(=O)N2CCC(Oc3nccnc3C#N)C2)cc1. The van der Waals surface area contributed by atoms with Crippen molar-refractivity contribution in [3.8, 4) is 23.4 Å². The van der Waals surface area contributed by atoms with Gasteiger partial charge >= 0.3 is 0 Å².